The van der Waals surface area contributed by atoms with Crippen LogP contribution >= 0.6 is 11.6 Å². The molecule has 3 aromatic rings. The maximum Gasteiger partial charge on any atom is 0.352 e. The highest BCUT2D eigenvalue weighted by Crippen LogP contribution is 2.39. The highest BCUT2D eigenvalue weighted by atomic mass is 35.5. The minimum atomic E-state index is -4.12. The van der Waals surface area contributed by atoms with E-state index in [1.165, 1.54) is 43.5 Å². The van der Waals surface area contributed by atoms with Crippen molar-refractivity contribution in [3.63, 3.8) is 0 Å². The monoisotopic (exact) mass is 515 g/mol. The third-order valence-electron chi connectivity index (χ3n) is 5.59. The number of amides is 2. The number of carbonyl (C=O) groups excluding carboxylic acids is 2. The Morgan fingerprint density at radius 2 is 1.63 bits per heavy atom. The van der Waals surface area contributed by atoms with E-state index in [-0.39, 0.29) is 43.7 Å². The van der Waals surface area contributed by atoms with Gasteiger partial charge in [0.15, 0.2) is 0 Å². The number of nitrogens with one attached hydrogen (secondary N) is 1. The molecule has 0 radical (unpaired) electrons. The molecule has 9 nitrogen and oxygen atoms in total. The van der Waals surface area contributed by atoms with Gasteiger partial charge in [0.2, 0.25) is 5.75 Å². The van der Waals surface area contributed by atoms with Crippen LogP contribution in [0.3, 0.4) is 0 Å². The van der Waals surface area contributed by atoms with Crippen LogP contribution in [-0.4, -0.2) is 27.3 Å². The van der Waals surface area contributed by atoms with Crippen molar-refractivity contribution < 1.29 is 27.5 Å². The fraction of sp³-hybridized carbons (Fsp3) is 0.208. The normalized spacial score (nSPS) is 13.7. The molecule has 2 amide bonds. The van der Waals surface area contributed by atoms with Gasteiger partial charge in [0, 0.05) is 0 Å². The molecule has 0 saturated carbocycles. The van der Waals surface area contributed by atoms with Crippen LogP contribution in [0, 0.1) is 5.21 Å². The van der Waals surface area contributed by atoms with Crippen molar-refractivity contribution in [2.24, 2.45) is 0 Å². The molecule has 0 fully saturated rings. The molecule has 2 heterocycles. The fourth-order valence-electron chi connectivity index (χ4n) is 3.77. The second-order valence-corrected chi connectivity index (χ2v) is 11.0. The molecule has 182 valence electrons. The van der Waals surface area contributed by atoms with E-state index in [9.17, 15) is 23.2 Å². The van der Waals surface area contributed by atoms with E-state index in [1.54, 1.807) is 12.1 Å². The smallest absolute Gasteiger partial charge is 0.352 e. The Morgan fingerprint density at radius 1 is 1.00 bits per heavy atom. The molecule has 1 aromatic heterocycles. The first-order valence-corrected chi connectivity index (χ1v) is 12.3. The zero-order chi connectivity index (χ0) is 25.7. The van der Waals surface area contributed by atoms with Gasteiger partial charge < -0.3 is 9.94 Å². The number of nitrogens with zero attached hydrogens (tertiary/aromatic N) is 2. The number of hydrogen-bond donors (Lipinski definition) is 1. The number of sulfonamides is 1. The first-order chi connectivity index (χ1) is 16.4. The molecule has 2 aromatic carbocycles. The van der Waals surface area contributed by atoms with Crippen molar-refractivity contribution in [2.75, 3.05) is 16.7 Å². The number of pyridine rings is 1. The lowest BCUT2D eigenvalue weighted by Crippen LogP contribution is -2.41. The molecule has 4 rings (SSSR count). The van der Waals surface area contributed by atoms with Crippen LogP contribution in [0.5, 0.6) is 5.75 Å². The summed E-state index contributed by atoms with van der Waals surface area (Å²) in [5, 5.41) is 12.4. The topological polar surface area (TPSA) is 120 Å². The lowest BCUT2D eigenvalue weighted by molar-refractivity contribution is -0.591. The number of methoxy groups -OCH3 is 1. The van der Waals surface area contributed by atoms with Gasteiger partial charge in [-0.05, 0) is 47.4 Å². The maximum atomic E-state index is 13.4. The molecule has 0 bridgehead atoms. The van der Waals surface area contributed by atoms with Crippen LogP contribution in [-0.2, 0) is 15.4 Å². The van der Waals surface area contributed by atoms with Crippen molar-refractivity contribution in [3.05, 3.63) is 81.6 Å². The van der Waals surface area contributed by atoms with E-state index in [0.717, 1.165) is 11.8 Å². The third kappa shape index (κ3) is 4.19. The molecular weight excluding hydrogens is 494 g/mol. The van der Waals surface area contributed by atoms with Gasteiger partial charge in [0.05, 0.1) is 28.9 Å². The third-order valence-corrected chi connectivity index (χ3v) is 7.29. The Bertz CT molecular complexity index is 1460. The summed E-state index contributed by atoms with van der Waals surface area (Å²) in [7, 11) is -2.83. The van der Waals surface area contributed by atoms with E-state index < -0.39 is 21.8 Å². The summed E-state index contributed by atoms with van der Waals surface area (Å²) in [4.78, 5) is 27.2. The van der Waals surface area contributed by atoms with Gasteiger partial charge >= 0.3 is 17.6 Å². The SMILES string of the molecule is COc1ccc[n+]([O-])c1N1C(=O)c2c(Cl)ccc(NS(=O)(=O)c3ccc(C(C)(C)C)cc3)c2C1=O. The van der Waals surface area contributed by atoms with Gasteiger partial charge in [0.1, 0.15) is 11.1 Å². The number of anilines is 2. The molecular formula is C24H22ClN3O6S. The lowest BCUT2D eigenvalue weighted by Gasteiger charge is -2.19. The Morgan fingerprint density at radius 3 is 2.23 bits per heavy atom. The van der Waals surface area contributed by atoms with E-state index in [2.05, 4.69) is 4.72 Å². The number of fused-ring (bicyclic) bond motifs is 1. The number of aromatic nitrogens is 1. The van der Waals surface area contributed by atoms with Gasteiger partial charge in [-0.15, -0.1) is 4.90 Å². The minimum absolute atomic E-state index is 0.0193. The number of halogens is 1. The zero-order valence-corrected chi connectivity index (χ0v) is 20.9. The summed E-state index contributed by atoms with van der Waals surface area (Å²) in [6.45, 7) is 6.02. The first kappa shape index (κ1) is 24.5. The average molecular weight is 516 g/mol. The fourth-order valence-corrected chi connectivity index (χ4v) is 5.08. The number of ether oxygens (including phenoxy) is 1. The largest absolute Gasteiger partial charge is 0.710 e. The molecule has 0 atom stereocenters. The predicted octanol–water partition coefficient (Wildman–Crippen LogP) is 3.88. The van der Waals surface area contributed by atoms with Gasteiger partial charge in [-0.3, -0.25) is 4.72 Å². The number of carbonyl (C=O) groups is 2. The van der Waals surface area contributed by atoms with Crippen LogP contribution in [0.1, 0.15) is 47.1 Å². The van der Waals surface area contributed by atoms with Gasteiger partial charge in [-0.2, -0.15) is 0 Å². The standard InChI is InChI=1S/C24H22ClN3O6S/c1-24(2,3)14-7-9-15(10-8-14)35(32,33)26-17-12-11-16(25)19-20(17)23(30)28(22(19)29)21-18(34-4)6-5-13-27(21)31/h5-13,26H,1-4H3. The van der Waals surface area contributed by atoms with E-state index in [4.69, 9.17) is 16.3 Å². The summed E-state index contributed by atoms with van der Waals surface area (Å²) in [6.07, 6.45) is 1.11. The summed E-state index contributed by atoms with van der Waals surface area (Å²) in [5.74, 6) is -2.17. The summed E-state index contributed by atoms with van der Waals surface area (Å²) >= 11 is 6.22. The van der Waals surface area contributed by atoms with Gasteiger partial charge in [0.25, 0.3) is 10.0 Å². The zero-order valence-electron chi connectivity index (χ0n) is 19.3. The first-order valence-electron chi connectivity index (χ1n) is 10.5. The molecule has 1 aliphatic heterocycles. The molecule has 11 heteroatoms. The Kier molecular flexibility index (Phi) is 5.98. The quantitative estimate of drug-likeness (QED) is 0.313. The lowest BCUT2D eigenvalue weighted by atomic mass is 9.87. The number of hydrogen-bond acceptors (Lipinski definition) is 6. The van der Waals surface area contributed by atoms with Crippen molar-refractivity contribution >= 4 is 44.9 Å². The van der Waals surface area contributed by atoms with Gasteiger partial charge in [-0.25, -0.2) is 22.7 Å². The van der Waals surface area contributed by atoms with Crippen molar-refractivity contribution in [3.8, 4) is 5.75 Å². The van der Waals surface area contributed by atoms with Crippen LogP contribution in [0.15, 0.2) is 59.6 Å². The molecule has 1 N–H and O–H groups in total. The number of imide groups is 1. The van der Waals surface area contributed by atoms with E-state index >= 15 is 0 Å². The van der Waals surface area contributed by atoms with Crippen molar-refractivity contribution in [1.82, 2.24) is 0 Å². The van der Waals surface area contributed by atoms with Gasteiger partial charge in [-0.1, -0.05) is 44.5 Å². The summed E-state index contributed by atoms with van der Waals surface area (Å²) < 4.78 is 34.1. The summed E-state index contributed by atoms with van der Waals surface area (Å²) in [6, 6.07) is 11.8. The number of benzene rings is 2. The molecule has 0 unspecified atom stereocenters. The van der Waals surface area contributed by atoms with Crippen molar-refractivity contribution in [2.45, 2.75) is 31.1 Å². The molecule has 0 spiro atoms. The Hall–Kier alpha value is -3.63. The molecule has 0 saturated heterocycles. The average Bonchev–Trinajstić information content (AvgIpc) is 3.06. The Labute approximate surface area is 207 Å². The van der Waals surface area contributed by atoms with Crippen LogP contribution in [0.25, 0.3) is 0 Å². The maximum absolute atomic E-state index is 13.4. The molecule has 0 aliphatic carbocycles. The second-order valence-electron chi connectivity index (χ2n) is 8.90. The second kappa shape index (κ2) is 8.54. The van der Waals surface area contributed by atoms with Crippen LogP contribution < -0.4 is 19.1 Å². The highest BCUT2D eigenvalue weighted by Gasteiger charge is 2.49. The van der Waals surface area contributed by atoms with Crippen LogP contribution in [0.4, 0.5) is 11.5 Å². The van der Waals surface area contributed by atoms with Crippen molar-refractivity contribution in [1.29, 1.82) is 0 Å². The number of rotatable bonds is 5. The van der Waals surface area contributed by atoms with Crippen LogP contribution in [0.2, 0.25) is 5.02 Å². The summed E-state index contributed by atoms with van der Waals surface area (Å²) in [5.41, 5.74) is 0.162. The molecule has 35 heavy (non-hydrogen) atoms. The molecule has 1 aliphatic rings. The minimum Gasteiger partial charge on any atom is -0.710 e. The Balaban J connectivity index is 1.78. The predicted molar refractivity (Wildman–Crippen MR) is 130 cm³/mol. The van der Waals surface area contributed by atoms with E-state index in [0.29, 0.717) is 9.63 Å². The van der Waals surface area contributed by atoms with E-state index in [1.807, 2.05) is 20.8 Å². The highest BCUT2D eigenvalue weighted by molar-refractivity contribution is 7.92.